The Morgan fingerprint density at radius 2 is 1.75 bits per heavy atom. The van der Waals surface area contributed by atoms with Crippen molar-refractivity contribution in [1.29, 1.82) is 0 Å². The Bertz CT molecular complexity index is 697. The molecular weight excluding hydrogens is 302 g/mol. The number of carbonyl (C=O) groups excluding carboxylic acids is 1. The van der Waals surface area contributed by atoms with E-state index in [-0.39, 0.29) is 11.9 Å². The van der Waals surface area contributed by atoms with Gasteiger partial charge in [0, 0.05) is 5.56 Å². The molecule has 0 heterocycles. The molecular formula is C20H25NO3. The Labute approximate surface area is 143 Å². The molecule has 0 radical (unpaired) electrons. The van der Waals surface area contributed by atoms with E-state index in [9.17, 15) is 4.79 Å². The quantitative estimate of drug-likeness (QED) is 0.839. The van der Waals surface area contributed by atoms with Crippen molar-refractivity contribution in [3.63, 3.8) is 0 Å². The fourth-order valence-corrected chi connectivity index (χ4v) is 2.39. The summed E-state index contributed by atoms with van der Waals surface area (Å²) < 4.78 is 11.3. The van der Waals surface area contributed by atoms with Crippen LogP contribution >= 0.6 is 0 Å². The van der Waals surface area contributed by atoms with E-state index in [0.717, 1.165) is 22.6 Å². The Balaban J connectivity index is 1.91. The number of aryl methyl sites for hydroxylation is 2. The molecule has 0 aliphatic carbocycles. The standard InChI is InChI=1S/C20H25NO3/c1-5-23-19-11-10-17(12-15(19)3)20(22)21-16(4)13-24-18-9-7-6-8-14(18)2/h6-12,16H,5,13H2,1-4H3,(H,21,22). The lowest BCUT2D eigenvalue weighted by atomic mass is 10.1. The number of hydrogen-bond acceptors (Lipinski definition) is 3. The summed E-state index contributed by atoms with van der Waals surface area (Å²) in [5.41, 5.74) is 2.66. The van der Waals surface area contributed by atoms with Crippen LogP contribution in [0.4, 0.5) is 0 Å². The van der Waals surface area contributed by atoms with Gasteiger partial charge in [-0.25, -0.2) is 0 Å². The first-order valence-electron chi connectivity index (χ1n) is 8.24. The average molecular weight is 327 g/mol. The van der Waals surface area contributed by atoms with E-state index >= 15 is 0 Å². The average Bonchev–Trinajstić information content (AvgIpc) is 2.56. The van der Waals surface area contributed by atoms with Gasteiger partial charge in [-0.2, -0.15) is 0 Å². The molecule has 2 rings (SSSR count). The summed E-state index contributed by atoms with van der Waals surface area (Å²) in [6.45, 7) is 8.84. The summed E-state index contributed by atoms with van der Waals surface area (Å²) in [5.74, 6) is 1.54. The fourth-order valence-electron chi connectivity index (χ4n) is 2.39. The third-order valence-corrected chi connectivity index (χ3v) is 3.70. The number of benzene rings is 2. The molecule has 0 spiro atoms. The molecule has 1 unspecified atom stereocenters. The van der Waals surface area contributed by atoms with Crippen LogP contribution in [0.1, 0.15) is 35.3 Å². The molecule has 0 aliphatic heterocycles. The molecule has 128 valence electrons. The van der Waals surface area contributed by atoms with E-state index in [1.807, 2.05) is 64.1 Å². The van der Waals surface area contributed by atoms with Crippen LogP contribution in [-0.4, -0.2) is 25.2 Å². The maximum Gasteiger partial charge on any atom is 0.251 e. The van der Waals surface area contributed by atoms with Gasteiger partial charge in [-0.05, 0) is 63.1 Å². The first-order chi connectivity index (χ1) is 11.5. The fraction of sp³-hybridized carbons (Fsp3) is 0.350. The van der Waals surface area contributed by atoms with Crippen molar-refractivity contribution in [3.05, 3.63) is 59.2 Å². The van der Waals surface area contributed by atoms with Gasteiger partial charge in [0.05, 0.1) is 12.6 Å². The maximum atomic E-state index is 12.3. The minimum Gasteiger partial charge on any atom is -0.494 e. The predicted molar refractivity (Wildman–Crippen MR) is 96.0 cm³/mol. The molecule has 1 amide bonds. The predicted octanol–water partition coefficient (Wildman–Crippen LogP) is 3.90. The van der Waals surface area contributed by atoms with Crippen LogP contribution in [0, 0.1) is 13.8 Å². The molecule has 0 saturated carbocycles. The van der Waals surface area contributed by atoms with E-state index in [1.165, 1.54) is 0 Å². The van der Waals surface area contributed by atoms with Gasteiger partial charge in [0.2, 0.25) is 0 Å². The molecule has 1 atom stereocenters. The van der Waals surface area contributed by atoms with Crippen molar-refractivity contribution in [2.45, 2.75) is 33.7 Å². The minimum absolute atomic E-state index is 0.0935. The lowest BCUT2D eigenvalue weighted by Gasteiger charge is -2.16. The maximum absolute atomic E-state index is 12.3. The highest BCUT2D eigenvalue weighted by Crippen LogP contribution is 2.19. The topological polar surface area (TPSA) is 47.6 Å². The van der Waals surface area contributed by atoms with Crippen LogP contribution in [0.15, 0.2) is 42.5 Å². The third kappa shape index (κ3) is 4.75. The minimum atomic E-state index is -0.109. The number of carbonyl (C=O) groups is 1. The zero-order valence-electron chi connectivity index (χ0n) is 14.8. The van der Waals surface area contributed by atoms with Crippen LogP contribution in [0.3, 0.4) is 0 Å². The second-order valence-electron chi connectivity index (χ2n) is 5.86. The molecule has 24 heavy (non-hydrogen) atoms. The molecule has 4 nitrogen and oxygen atoms in total. The van der Waals surface area contributed by atoms with Crippen LogP contribution in [-0.2, 0) is 0 Å². The van der Waals surface area contributed by atoms with E-state index in [1.54, 1.807) is 6.07 Å². The van der Waals surface area contributed by atoms with Gasteiger partial charge in [-0.3, -0.25) is 4.79 Å². The molecule has 2 aromatic carbocycles. The Morgan fingerprint density at radius 1 is 1.04 bits per heavy atom. The summed E-state index contributed by atoms with van der Waals surface area (Å²) in [5, 5.41) is 2.96. The highest BCUT2D eigenvalue weighted by Gasteiger charge is 2.12. The number of hydrogen-bond donors (Lipinski definition) is 1. The normalized spacial score (nSPS) is 11.7. The number of ether oxygens (including phenoxy) is 2. The molecule has 2 aromatic rings. The largest absolute Gasteiger partial charge is 0.494 e. The number of nitrogens with one attached hydrogen (secondary N) is 1. The molecule has 0 bridgehead atoms. The van der Waals surface area contributed by atoms with Gasteiger partial charge in [0.1, 0.15) is 18.1 Å². The van der Waals surface area contributed by atoms with Crippen molar-refractivity contribution in [2.24, 2.45) is 0 Å². The zero-order chi connectivity index (χ0) is 17.5. The lowest BCUT2D eigenvalue weighted by Crippen LogP contribution is -2.36. The highest BCUT2D eigenvalue weighted by atomic mass is 16.5. The van der Waals surface area contributed by atoms with Crippen molar-refractivity contribution in [3.8, 4) is 11.5 Å². The van der Waals surface area contributed by atoms with Crippen LogP contribution in [0.2, 0.25) is 0 Å². The van der Waals surface area contributed by atoms with Crippen LogP contribution in [0.5, 0.6) is 11.5 Å². The van der Waals surface area contributed by atoms with Gasteiger partial charge < -0.3 is 14.8 Å². The third-order valence-electron chi connectivity index (χ3n) is 3.70. The first kappa shape index (κ1) is 17.9. The second kappa shape index (κ2) is 8.39. The van der Waals surface area contributed by atoms with E-state index in [2.05, 4.69) is 5.32 Å². The zero-order valence-corrected chi connectivity index (χ0v) is 14.8. The van der Waals surface area contributed by atoms with Gasteiger partial charge >= 0.3 is 0 Å². The Morgan fingerprint density at radius 3 is 2.42 bits per heavy atom. The summed E-state index contributed by atoms with van der Waals surface area (Å²) in [7, 11) is 0. The monoisotopic (exact) mass is 327 g/mol. The first-order valence-corrected chi connectivity index (χ1v) is 8.24. The van der Waals surface area contributed by atoms with Crippen LogP contribution in [0.25, 0.3) is 0 Å². The van der Waals surface area contributed by atoms with Crippen molar-refractivity contribution < 1.29 is 14.3 Å². The smallest absolute Gasteiger partial charge is 0.251 e. The Kier molecular flexibility index (Phi) is 6.24. The van der Waals surface area contributed by atoms with Crippen molar-refractivity contribution in [1.82, 2.24) is 5.32 Å². The lowest BCUT2D eigenvalue weighted by molar-refractivity contribution is 0.0926. The number of rotatable bonds is 7. The van der Waals surface area contributed by atoms with Gasteiger partial charge in [-0.1, -0.05) is 18.2 Å². The number of para-hydroxylation sites is 1. The second-order valence-corrected chi connectivity index (χ2v) is 5.86. The highest BCUT2D eigenvalue weighted by molar-refractivity contribution is 5.94. The molecule has 0 aliphatic rings. The summed E-state index contributed by atoms with van der Waals surface area (Å²) in [4.78, 5) is 12.3. The SMILES string of the molecule is CCOc1ccc(C(=O)NC(C)COc2ccccc2C)cc1C. The molecule has 1 N–H and O–H groups in total. The summed E-state index contributed by atoms with van der Waals surface area (Å²) in [6, 6.07) is 13.2. The van der Waals surface area contributed by atoms with Crippen LogP contribution < -0.4 is 14.8 Å². The summed E-state index contributed by atoms with van der Waals surface area (Å²) >= 11 is 0. The van der Waals surface area contributed by atoms with E-state index in [0.29, 0.717) is 18.8 Å². The Hall–Kier alpha value is -2.49. The molecule has 0 saturated heterocycles. The van der Waals surface area contributed by atoms with Gasteiger partial charge in [-0.15, -0.1) is 0 Å². The van der Waals surface area contributed by atoms with Gasteiger partial charge in [0.25, 0.3) is 5.91 Å². The van der Waals surface area contributed by atoms with E-state index < -0.39 is 0 Å². The molecule has 4 heteroatoms. The number of amides is 1. The molecule has 0 aromatic heterocycles. The summed E-state index contributed by atoms with van der Waals surface area (Å²) in [6.07, 6.45) is 0. The van der Waals surface area contributed by atoms with Crippen molar-refractivity contribution in [2.75, 3.05) is 13.2 Å². The van der Waals surface area contributed by atoms with E-state index in [4.69, 9.17) is 9.47 Å². The van der Waals surface area contributed by atoms with Gasteiger partial charge in [0.15, 0.2) is 0 Å². The van der Waals surface area contributed by atoms with Crippen molar-refractivity contribution >= 4 is 5.91 Å². The molecule has 0 fully saturated rings.